The van der Waals surface area contributed by atoms with Gasteiger partial charge in [0.1, 0.15) is 11.5 Å². The maximum absolute atomic E-state index is 12.3. The highest BCUT2D eigenvalue weighted by molar-refractivity contribution is 6.30. The molecule has 1 aromatic carbocycles. The van der Waals surface area contributed by atoms with Crippen molar-refractivity contribution in [1.82, 2.24) is 10.5 Å². The molecule has 2 heterocycles. The highest BCUT2D eigenvalue weighted by Gasteiger charge is 2.26. The van der Waals surface area contributed by atoms with E-state index in [-0.39, 0.29) is 18.4 Å². The van der Waals surface area contributed by atoms with Crippen LogP contribution in [0, 0.1) is 13.8 Å². The van der Waals surface area contributed by atoms with Gasteiger partial charge in [-0.15, -0.1) is 0 Å². The zero-order chi connectivity index (χ0) is 18.0. The molecule has 7 heteroatoms. The summed E-state index contributed by atoms with van der Waals surface area (Å²) in [4.78, 5) is 14.5. The molecule has 25 heavy (non-hydrogen) atoms. The molecule has 134 valence electrons. The molecule has 0 saturated carbocycles. The molecule has 1 atom stereocenters. The summed E-state index contributed by atoms with van der Waals surface area (Å²) in [5.74, 6) is 1.47. The molecule has 1 amide bonds. The van der Waals surface area contributed by atoms with Crippen LogP contribution in [0.3, 0.4) is 0 Å². The summed E-state index contributed by atoms with van der Waals surface area (Å²) in [6.07, 6.45) is 1.17. The number of aryl methyl sites for hydroxylation is 2. The van der Waals surface area contributed by atoms with Crippen molar-refractivity contribution >= 4 is 23.2 Å². The Labute approximate surface area is 152 Å². The molecular weight excluding hydrogens is 342 g/mol. The van der Waals surface area contributed by atoms with Crippen LogP contribution in [0.15, 0.2) is 22.7 Å². The number of carbonyl (C=O) groups is 1. The van der Waals surface area contributed by atoms with Crippen molar-refractivity contribution in [2.24, 2.45) is 0 Å². The Morgan fingerprint density at radius 1 is 1.48 bits per heavy atom. The summed E-state index contributed by atoms with van der Waals surface area (Å²) >= 11 is 6.12. The molecule has 1 aliphatic heterocycles. The number of nitrogens with zero attached hydrogens (tertiary/aromatic N) is 2. The number of methoxy groups -OCH3 is 1. The summed E-state index contributed by atoms with van der Waals surface area (Å²) in [6.45, 7) is 5.24. The Morgan fingerprint density at radius 2 is 2.28 bits per heavy atom. The number of ether oxygens (including phenoxy) is 1. The topological polar surface area (TPSA) is 67.6 Å². The van der Waals surface area contributed by atoms with Gasteiger partial charge in [0.15, 0.2) is 0 Å². The monoisotopic (exact) mass is 363 g/mol. The molecule has 1 fully saturated rings. The fourth-order valence-electron chi connectivity index (χ4n) is 3.20. The summed E-state index contributed by atoms with van der Waals surface area (Å²) in [5, 5.41) is 7.66. The SMILES string of the molecule is COc1ccc(Cl)cc1N1CCC(NC(=O)Cc2c(C)noc2C)C1. The molecule has 3 rings (SSSR count). The molecule has 1 unspecified atom stereocenters. The number of benzene rings is 1. The zero-order valence-electron chi connectivity index (χ0n) is 14.6. The number of anilines is 1. The number of carbonyl (C=O) groups excluding carboxylic acids is 1. The molecule has 1 aliphatic rings. The van der Waals surface area contributed by atoms with Crippen molar-refractivity contribution < 1.29 is 14.1 Å². The second-order valence-corrected chi connectivity index (χ2v) is 6.73. The average molecular weight is 364 g/mol. The summed E-state index contributed by atoms with van der Waals surface area (Å²) < 4.78 is 10.5. The van der Waals surface area contributed by atoms with Gasteiger partial charge in [0.05, 0.1) is 24.9 Å². The summed E-state index contributed by atoms with van der Waals surface area (Å²) in [6, 6.07) is 5.66. The molecule has 0 bridgehead atoms. The van der Waals surface area contributed by atoms with E-state index in [2.05, 4.69) is 15.4 Å². The quantitative estimate of drug-likeness (QED) is 0.884. The van der Waals surface area contributed by atoms with Crippen molar-refractivity contribution in [3.8, 4) is 5.75 Å². The number of halogens is 1. The largest absolute Gasteiger partial charge is 0.495 e. The maximum Gasteiger partial charge on any atom is 0.224 e. The smallest absolute Gasteiger partial charge is 0.224 e. The first-order valence-electron chi connectivity index (χ1n) is 8.27. The van der Waals surface area contributed by atoms with E-state index < -0.39 is 0 Å². The summed E-state index contributed by atoms with van der Waals surface area (Å²) in [7, 11) is 1.64. The van der Waals surface area contributed by atoms with E-state index in [0.29, 0.717) is 10.8 Å². The van der Waals surface area contributed by atoms with Gasteiger partial charge in [-0.05, 0) is 38.5 Å². The van der Waals surface area contributed by atoms with E-state index in [1.807, 2.05) is 32.0 Å². The molecular formula is C18H22ClN3O3. The Kier molecular flexibility index (Phi) is 5.18. The number of nitrogens with one attached hydrogen (secondary N) is 1. The van der Waals surface area contributed by atoms with Gasteiger partial charge < -0.3 is 19.5 Å². The Bertz CT molecular complexity index is 755. The average Bonchev–Trinajstić information content (AvgIpc) is 3.16. The lowest BCUT2D eigenvalue weighted by molar-refractivity contribution is -0.121. The lowest BCUT2D eigenvalue weighted by atomic mass is 10.1. The van der Waals surface area contributed by atoms with Crippen molar-refractivity contribution in [2.45, 2.75) is 32.7 Å². The minimum absolute atomic E-state index is 0.0145. The van der Waals surface area contributed by atoms with Crippen LogP contribution in [-0.2, 0) is 11.2 Å². The number of rotatable bonds is 5. The highest BCUT2D eigenvalue weighted by Crippen LogP contribution is 2.33. The van der Waals surface area contributed by atoms with Gasteiger partial charge in [-0.2, -0.15) is 0 Å². The third-order valence-electron chi connectivity index (χ3n) is 4.55. The van der Waals surface area contributed by atoms with E-state index in [1.54, 1.807) is 7.11 Å². The van der Waals surface area contributed by atoms with Crippen LogP contribution >= 0.6 is 11.6 Å². The van der Waals surface area contributed by atoms with Crippen molar-refractivity contribution in [2.75, 3.05) is 25.1 Å². The molecule has 0 radical (unpaired) electrons. The Balaban J connectivity index is 1.62. The van der Waals surface area contributed by atoms with Crippen LogP contribution in [0.1, 0.15) is 23.4 Å². The second kappa shape index (κ2) is 7.35. The lowest BCUT2D eigenvalue weighted by Gasteiger charge is -2.21. The van der Waals surface area contributed by atoms with Crippen molar-refractivity contribution in [3.63, 3.8) is 0 Å². The number of amides is 1. The van der Waals surface area contributed by atoms with E-state index in [0.717, 1.165) is 42.2 Å². The Hall–Kier alpha value is -2.21. The first-order chi connectivity index (χ1) is 12.0. The van der Waals surface area contributed by atoms with Gasteiger partial charge in [-0.1, -0.05) is 16.8 Å². The molecule has 0 aliphatic carbocycles. The normalized spacial score (nSPS) is 17.0. The molecule has 1 N–H and O–H groups in total. The predicted molar refractivity (Wildman–Crippen MR) is 96.4 cm³/mol. The van der Waals surface area contributed by atoms with E-state index in [4.69, 9.17) is 20.9 Å². The van der Waals surface area contributed by atoms with Gasteiger partial charge in [0, 0.05) is 29.7 Å². The second-order valence-electron chi connectivity index (χ2n) is 6.29. The van der Waals surface area contributed by atoms with Gasteiger partial charge in [0.25, 0.3) is 0 Å². The van der Waals surface area contributed by atoms with E-state index >= 15 is 0 Å². The fraction of sp³-hybridized carbons (Fsp3) is 0.444. The minimum Gasteiger partial charge on any atom is -0.495 e. The third kappa shape index (κ3) is 3.90. The predicted octanol–water partition coefficient (Wildman–Crippen LogP) is 2.89. The molecule has 6 nitrogen and oxygen atoms in total. The Morgan fingerprint density at radius 3 is 2.96 bits per heavy atom. The maximum atomic E-state index is 12.3. The molecule has 1 saturated heterocycles. The van der Waals surface area contributed by atoms with Gasteiger partial charge in [-0.3, -0.25) is 4.79 Å². The minimum atomic E-state index is -0.0145. The lowest BCUT2D eigenvalue weighted by Crippen LogP contribution is -2.38. The highest BCUT2D eigenvalue weighted by atomic mass is 35.5. The molecule has 0 spiro atoms. The molecule has 1 aromatic heterocycles. The summed E-state index contributed by atoms with van der Waals surface area (Å²) in [5.41, 5.74) is 2.59. The fourth-order valence-corrected chi connectivity index (χ4v) is 3.37. The van der Waals surface area contributed by atoms with E-state index in [9.17, 15) is 4.79 Å². The standard InChI is InChI=1S/C18H22ClN3O3/c1-11-15(12(2)25-21-11)9-18(23)20-14-6-7-22(10-14)16-8-13(19)4-5-17(16)24-3/h4-5,8,14H,6-7,9-10H2,1-3H3,(H,20,23). The zero-order valence-corrected chi connectivity index (χ0v) is 15.4. The number of hydrogen-bond donors (Lipinski definition) is 1. The first kappa shape index (κ1) is 17.6. The van der Waals surface area contributed by atoms with Gasteiger partial charge in [-0.25, -0.2) is 0 Å². The van der Waals surface area contributed by atoms with Crippen LogP contribution in [0.4, 0.5) is 5.69 Å². The number of hydrogen-bond acceptors (Lipinski definition) is 5. The van der Waals surface area contributed by atoms with Crippen molar-refractivity contribution in [3.05, 3.63) is 40.2 Å². The van der Waals surface area contributed by atoms with Crippen molar-refractivity contribution in [1.29, 1.82) is 0 Å². The van der Waals surface area contributed by atoms with Crippen LogP contribution in [0.5, 0.6) is 5.75 Å². The van der Waals surface area contributed by atoms with Crippen LogP contribution < -0.4 is 15.0 Å². The van der Waals surface area contributed by atoms with Crippen LogP contribution in [0.2, 0.25) is 5.02 Å². The third-order valence-corrected chi connectivity index (χ3v) is 4.79. The van der Waals surface area contributed by atoms with Gasteiger partial charge >= 0.3 is 0 Å². The van der Waals surface area contributed by atoms with Gasteiger partial charge in [0.2, 0.25) is 5.91 Å². The number of aromatic nitrogens is 1. The van der Waals surface area contributed by atoms with Crippen LogP contribution in [-0.4, -0.2) is 37.3 Å². The van der Waals surface area contributed by atoms with E-state index in [1.165, 1.54) is 0 Å². The van der Waals surface area contributed by atoms with Crippen LogP contribution in [0.25, 0.3) is 0 Å². The molecule has 2 aromatic rings. The first-order valence-corrected chi connectivity index (χ1v) is 8.65.